The van der Waals surface area contributed by atoms with Gasteiger partial charge in [0.1, 0.15) is 0 Å². The van der Waals surface area contributed by atoms with Crippen molar-refractivity contribution in [3.63, 3.8) is 0 Å². The molecule has 0 amide bonds. The van der Waals surface area contributed by atoms with Gasteiger partial charge in [-0.05, 0) is 12.8 Å². The molecule has 0 aliphatic carbocycles. The molecule has 11 heavy (non-hydrogen) atoms. The number of fused-ring (bicyclic) bond motifs is 5. The molecule has 0 saturated carbocycles. The second-order valence-electron chi connectivity index (χ2n) is 3.61. The largest absolute Gasteiger partial charge is 0.465 e. The zero-order chi connectivity index (χ0) is 7.42. The molecule has 3 heteroatoms. The summed E-state index contributed by atoms with van der Waals surface area (Å²) in [7, 11) is 0. The first-order valence-electron chi connectivity index (χ1n) is 4.18. The van der Waals surface area contributed by atoms with Gasteiger partial charge < -0.3 is 9.47 Å². The Kier molecular flexibility index (Phi) is 0.969. The van der Waals surface area contributed by atoms with Gasteiger partial charge in [0, 0.05) is 5.92 Å². The Hall–Kier alpha value is -0.570. The molecule has 3 fully saturated rings. The van der Waals surface area contributed by atoms with Crippen molar-refractivity contribution in [3.05, 3.63) is 0 Å². The molecule has 60 valence electrons. The van der Waals surface area contributed by atoms with E-state index in [0.29, 0.717) is 18.6 Å². The minimum atomic E-state index is -0.0257. The lowest BCUT2D eigenvalue weighted by molar-refractivity contribution is -0.143. The zero-order valence-electron chi connectivity index (χ0n) is 6.16. The van der Waals surface area contributed by atoms with Gasteiger partial charge in [-0.25, -0.2) is 0 Å². The van der Waals surface area contributed by atoms with Crippen LogP contribution in [0.2, 0.25) is 0 Å². The summed E-state index contributed by atoms with van der Waals surface area (Å²) in [6.07, 6.45) is 2.71. The van der Waals surface area contributed by atoms with E-state index >= 15 is 0 Å². The fourth-order valence-corrected chi connectivity index (χ4v) is 2.59. The van der Waals surface area contributed by atoms with E-state index in [9.17, 15) is 4.79 Å². The minimum absolute atomic E-state index is 0.0257. The maximum Gasteiger partial charge on any atom is 0.312 e. The SMILES string of the molecule is O=C1OC[C@@H]2C1C1CC[C@H]2O1. The van der Waals surface area contributed by atoms with Crippen molar-refractivity contribution in [2.75, 3.05) is 6.61 Å². The van der Waals surface area contributed by atoms with Crippen LogP contribution in [-0.2, 0) is 14.3 Å². The normalized spacial score (nSPS) is 52.9. The van der Waals surface area contributed by atoms with Gasteiger partial charge in [-0.1, -0.05) is 0 Å². The van der Waals surface area contributed by atoms with Crippen LogP contribution < -0.4 is 0 Å². The van der Waals surface area contributed by atoms with Gasteiger partial charge in [-0.15, -0.1) is 0 Å². The summed E-state index contributed by atoms with van der Waals surface area (Å²) in [5, 5.41) is 0. The molecule has 0 aromatic rings. The molecule has 0 aromatic carbocycles. The van der Waals surface area contributed by atoms with Crippen molar-refractivity contribution >= 4 is 5.97 Å². The smallest absolute Gasteiger partial charge is 0.312 e. The number of ether oxygens (including phenoxy) is 2. The number of cyclic esters (lactones) is 1. The third kappa shape index (κ3) is 0.601. The van der Waals surface area contributed by atoms with Crippen LogP contribution in [0.4, 0.5) is 0 Å². The number of carbonyl (C=O) groups excluding carboxylic acids is 1. The van der Waals surface area contributed by atoms with E-state index in [0.717, 1.165) is 12.8 Å². The molecule has 2 unspecified atom stereocenters. The van der Waals surface area contributed by atoms with Gasteiger partial charge in [0.15, 0.2) is 0 Å². The number of rotatable bonds is 0. The Morgan fingerprint density at radius 3 is 2.91 bits per heavy atom. The summed E-state index contributed by atoms with van der Waals surface area (Å²) in [5.41, 5.74) is 0. The van der Waals surface area contributed by atoms with Crippen LogP contribution in [0.25, 0.3) is 0 Å². The highest BCUT2D eigenvalue weighted by molar-refractivity contribution is 5.76. The Bertz CT molecular complexity index is 213. The summed E-state index contributed by atoms with van der Waals surface area (Å²) in [5.74, 6) is 0.456. The van der Waals surface area contributed by atoms with E-state index in [1.54, 1.807) is 0 Å². The van der Waals surface area contributed by atoms with Crippen molar-refractivity contribution in [1.82, 2.24) is 0 Å². The van der Waals surface area contributed by atoms with Crippen LogP contribution in [0.1, 0.15) is 12.8 Å². The second kappa shape index (κ2) is 1.78. The van der Waals surface area contributed by atoms with Gasteiger partial charge in [-0.3, -0.25) is 4.79 Å². The molecule has 3 heterocycles. The predicted molar refractivity (Wildman–Crippen MR) is 35.8 cm³/mol. The quantitative estimate of drug-likeness (QED) is 0.472. The zero-order valence-corrected chi connectivity index (χ0v) is 6.16. The summed E-state index contributed by atoms with van der Waals surface area (Å²) in [6, 6.07) is 0. The Balaban J connectivity index is 1.97. The van der Waals surface area contributed by atoms with Crippen LogP contribution >= 0.6 is 0 Å². The summed E-state index contributed by atoms with van der Waals surface area (Å²) in [4.78, 5) is 11.1. The maximum absolute atomic E-state index is 11.1. The molecule has 0 spiro atoms. The van der Waals surface area contributed by atoms with Crippen molar-refractivity contribution in [1.29, 1.82) is 0 Å². The van der Waals surface area contributed by atoms with E-state index < -0.39 is 0 Å². The number of hydrogen-bond donors (Lipinski definition) is 0. The maximum atomic E-state index is 11.1. The molecule has 3 aliphatic rings. The Labute approximate surface area is 64.7 Å². The highest BCUT2D eigenvalue weighted by Crippen LogP contribution is 2.46. The van der Waals surface area contributed by atoms with Crippen LogP contribution in [0.3, 0.4) is 0 Å². The van der Waals surface area contributed by atoms with Crippen LogP contribution in [0.5, 0.6) is 0 Å². The van der Waals surface area contributed by atoms with Gasteiger partial charge >= 0.3 is 5.97 Å². The predicted octanol–water partition coefficient (Wildman–Crippen LogP) is 0.337. The summed E-state index contributed by atoms with van der Waals surface area (Å²) >= 11 is 0. The standard InChI is InChI=1S/C8H10O3/c9-8-7-4(3-10-8)5-1-2-6(7)11-5/h4-7H,1-3H2/t4-,5+,6?,7?/m0/s1. The average Bonchev–Trinajstić information content (AvgIpc) is 2.60. The Morgan fingerprint density at radius 2 is 2.09 bits per heavy atom. The minimum Gasteiger partial charge on any atom is -0.465 e. The third-order valence-electron chi connectivity index (χ3n) is 3.11. The lowest BCUT2D eigenvalue weighted by Crippen LogP contribution is -2.27. The second-order valence-corrected chi connectivity index (χ2v) is 3.61. The van der Waals surface area contributed by atoms with E-state index in [1.165, 1.54) is 0 Å². The van der Waals surface area contributed by atoms with Gasteiger partial charge in [0.25, 0.3) is 0 Å². The van der Waals surface area contributed by atoms with Crippen molar-refractivity contribution in [3.8, 4) is 0 Å². The average molecular weight is 154 g/mol. The molecular weight excluding hydrogens is 144 g/mol. The molecule has 2 bridgehead atoms. The monoisotopic (exact) mass is 154 g/mol. The lowest BCUT2D eigenvalue weighted by Gasteiger charge is -2.14. The van der Waals surface area contributed by atoms with Gasteiger partial charge in [0.2, 0.25) is 0 Å². The fraction of sp³-hybridized carbons (Fsp3) is 0.875. The molecule has 0 aromatic heterocycles. The van der Waals surface area contributed by atoms with E-state index in [1.807, 2.05) is 0 Å². The number of carbonyl (C=O) groups is 1. The first-order chi connectivity index (χ1) is 5.36. The van der Waals surface area contributed by atoms with Crippen LogP contribution in [0.15, 0.2) is 0 Å². The first-order valence-corrected chi connectivity index (χ1v) is 4.18. The lowest BCUT2D eigenvalue weighted by atomic mass is 9.81. The number of hydrogen-bond acceptors (Lipinski definition) is 3. The van der Waals surface area contributed by atoms with Crippen LogP contribution in [0, 0.1) is 11.8 Å². The van der Waals surface area contributed by atoms with E-state index in [-0.39, 0.29) is 18.0 Å². The van der Waals surface area contributed by atoms with Crippen molar-refractivity contribution in [2.24, 2.45) is 11.8 Å². The van der Waals surface area contributed by atoms with Crippen molar-refractivity contribution < 1.29 is 14.3 Å². The molecule has 3 nitrogen and oxygen atoms in total. The van der Waals surface area contributed by atoms with E-state index in [2.05, 4.69) is 0 Å². The van der Waals surface area contributed by atoms with Crippen molar-refractivity contribution in [2.45, 2.75) is 25.0 Å². The molecule has 3 aliphatic heterocycles. The molecule has 0 radical (unpaired) electrons. The molecule has 3 saturated heterocycles. The number of esters is 1. The fourth-order valence-electron chi connectivity index (χ4n) is 2.59. The topological polar surface area (TPSA) is 35.5 Å². The molecule has 3 rings (SSSR count). The van der Waals surface area contributed by atoms with E-state index in [4.69, 9.17) is 9.47 Å². The molecule has 0 N–H and O–H groups in total. The van der Waals surface area contributed by atoms with Gasteiger partial charge in [-0.2, -0.15) is 0 Å². The van der Waals surface area contributed by atoms with Crippen LogP contribution in [-0.4, -0.2) is 24.8 Å². The molecular formula is C8H10O3. The molecule has 4 atom stereocenters. The highest BCUT2D eigenvalue weighted by Gasteiger charge is 2.56. The first kappa shape index (κ1) is 6.00. The summed E-state index contributed by atoms with van der Waals surface area (Å²) < 4.78 is 10.6. The summed E-state index contributed by atoms with van der Waals surface area (Å²) in [6.45, 7) is 0.602. The Morgan fingerprint density at radius 1 is 1.27 bits per heavy atom. The van der Waals surface area contributed by atoms with Gasteiger partial charge in [0.05, 0.1) is 24.7 Å². The third-order valence-corrected chi connectivity index (χ3v) is 3.11. The highest BCUT2D eigenvalue weighted by atomic mass is 16.6.